The van der Waals surface area contributed by atoms with Gasteiger partial charge in [-0.3, -0.25) is 0 Å². The fraction of sp³-hybridized carbons (Fsp3) is 0.0323. The predicted octanol–water partition coefficient (Wildman–Crippen LogP) is 7.88. The van der Waals surface area contributed by atoms with Gasteiger partial charge in [0.05, 0.1) is 11.4 Å². The number of anilines is 4. The summed E-state index contributed by atoms with van der Waals surface area (Å²) in [7, 11) is 0. The van der Waals surface area contributed by atoms with Gasteiger partial charge < -0.3 is 9.80 Å². The second-order valence-corrected chi connectivity index (χ2v) is 8.23. The van der Waals surface area contributed by atoms with Gasteiger partial charge in [-0.25, -0.2) is 0 Å². The fourth-order valence-electron chi connectivity index (χ4n) is 5.12. The van der Waals surface area contributed by atoms with Crippen LogP contribution in [0, 0.1) is 0 Å². The molecule has 33 heavy (non-hydrogen) atoms. The molecule has 6 rings (SSSR count). The summed E-state index contributed by atoms with van der Waals surface area (Å²) in [5.41, 5.74) is 6.47. The molecule has 0 spiro atoms. The third-order valence-corrected chi connectivity index (χ3v) is 6.39. The Kier molecular flexibility index (Phi) is 4.70. The molecule has 1 heterocycles. The monoisotopic (exact) mass is 424 g/mol. The van der Waals surface area contributed by atoms with Gasteiger partial charge in [0.15, 0.2) is 5.66 Å². The van der Waals surface area contributed by atoms with Gasteiger partial charge in [-0.15, -0.1) is 0 Å². The second-order valence-electron chi connectivity index (χ2n) is 8.23. The molecule has 5 aromatic carbocycles. The molecule has 0 aromatic heterocycles. The summed E-state index contributed by atoms with van der Waals surface area (Å²) in [6.07, 6.45) is 0. The normalized spacial score (nSPS) is 14.2. The highest BCUT2D eigenvalue weighted by molar-refractivity contribution is 5.92. The van der Waals surface area contributed by atoms with E-state index < -0.39 is 5.66 Å². The smallest absolute Gasteiger partial charge is 0.175 e. The maximum absolute atomic E-state index is 2.49. The van der Waals surface area contributed by atoms with Crippen molar-refractivity contribution in [3.63, 3.8) is 0 Å². The van der Waals surface area contributed by atoms with E-state index in [0.29, 0.717) is 0 Å². The molecule has 0 bridgehead atoms. The van der Waals surface area contributed by atoms with Crippen LogP contribution < -0.4 is 9.80 Å². The van der Waals surface area contributed by atoms with Crippen LogP contribution in [0.15, 0.2) is 146 Å². The molecule has 0 N–H and O–H groups in total. The lowest BCUT2D eigenvalue weighted by molar-refractivity contribution is 0.559. The van der Waals surface area contributed by atoms with Crippen LogP contribution in [0.3, 0.4) is 0 Å². The minimum Gasteiger partial charge on any atom is -0.308 e. The standard InChI is InChI=1S/C31H24N2/c1-5-15-25(16-6-1)31(26-17-7-2-8-18-26)32(27-19-9-3-10-20-27)29-23-13-14-24-30(29)33(31)28-21-11-4-12-22-28/h1-24H. The summed E-state index contributed by atoms with van der Waals surface area (Å²) >= 11 is 0. The number of para-hydroxylation sites is 4. The molecule has 1 aliphatic rings. The molecule has 0 atom stereocenters. The van der Waals surface area contributed by atoms with E-state index in [1.54, 1.807) is 0 Å². The average Bonchev–Trinajstić information content (AvgIpc) is 3.22. The number of benzene rings is 5. The van der Waals surface area contributed by atoms with Crippen molar-refractivity contribution in [1.82, 2.24) is 0 Å². The van der Waals surface area contributed by atoms with Crippen molar-refractivity contribution in [3.8, 4) is 0 Å². The summed E-state index contributed by atoms with van der Waals surface area (Å²) in [6.45, 7) is 0. The van der Waals surface area contributed by atoms with Crippen LogP contribution in [0.25, 0.3) is 0 Å². The van der Waals surface area contributed by atoms with Crippen molar-refractivity contribution >= 4 is 22.7 Å². The highest BCUT2D eigenvalue weighted by Gasteiger charge is 2.53. The number of hydrogen-bond acceptors (Lipinski definition) is 2. The molecule has 0 unspecified atom stereocenters. The summed E-state index contributed by atoms with van der Waals surface area (Å²) in [4.78, 5) is 4.97. The van der Waals surface area contributed by atoms with Crippen LogP contribution in [-0.4, -0.2) is 0 Å². The van der Waals surface area contributed by atoms with Gasteiger partial charge in [-0.2, -0.15) is 0 Å². The quantitative estimate of drug-likeness (QED) is 0.289. The summed E-state index contributed by atoms with van der Waals surface area (Å²) in [5.74, 6) is 0. The Balaban J connectivity index is 1.78. The van der Waals surface area contributed by atoms with Gasteiger partial charge in [0.2, 0.25) is 0 Å². The fourth-order valence-corrected chi connectivity index (χ4v) is 5.12. The molecule has 158 valence electrons. The van der Waals surface area contributed by atoms with Crippen LogP contribution in [-0.2, 0) is 5.66 Å². The average molecular weight is 425 g/mol. The van der Waals surface area contributed by atoms with Gasteiger partial charge in [-0.1, -0.05) is 109 Å². The van der Waals surface area contributed by atoms with Crippen LogP contribution >= 0.6 is 0 Å². The predicted molar refractivity (Wildman–Crippen MR) is 137 cm³/mol. The van der Waals surface area contributed by atoms with E-state index in [-0.39, 0.29) is 0 Å². The topological polar surface area (TPSA) is 6.48 Å². The highest BCUT2D eigenvalue weighted by Crippen LogP contribution is 2.59. The Hall–Kier alpha value is -4.30. The maximum Gasteiger partial charge on any atom is 0.175 e. The first-order valence-corrected chi connectivity index (χ1v) is 11.3. The van der Waals surface area contributed by atoms with Crippen LogP contribution in [0.1, 0.15) is 11.1 Å². The highest BCUT2D eigenvalue weighted by atomic mass is 15.5. The first-order valence-electron chi connectivity index (χ1n) is 11.3. The summed E-state index contributed by atoms with van der Waals surface area (Å²) in [5, 5.41) is 0. The molecule has 2 heteroatoms. The van der Waals surface area contributed by atoms with Gasteiger partial charge in [0.25, 0.3) is 0 Å². The van der Waals surface area contributed by atoms with Gasteiger partial charge in [-0.05, 0) is 36.4 Å². The molecule has 0 fully saturated rings. The van der Waals surface area contributed by atoms with E-state index >= 15 is 0 Å². The molecule has 0 saturated carbocycles. The van der Waals surface area contributed by atoms with Crippen molar-refractivity contribution in [2.45, 2.75) is 5.66 Å². The lowest BCUT2D eigenvalue weighted by Gasteiger charge is -2.47. The third kappa shape index (κ3) is 2.95. The van der Waals surface area contributed by atoms with Gasteiger partial charge >= 0.3 is 0 Å². The number of fused-ring (bicyclic) bond motifs is 1. The van der Waals surface area contributed by atoms with E-state index in [0.717, 1.165) is 11.4 Å². The zero-order valence-corrected chi connectivity index (χ0v) is 18.3. The maximum atomic E-state index is 2.49. The molecule has 2 nitrogen and oxygen atoms in total. The molecule has 0 amide bonds. The molecular weight excluding hydrogens is 400 g/mol. The largest absolute Gasteiger partial charge is 0.308 e. The Morgan fingerprint density at radius 3 is 1.00 bits per heavy atom. The van der Waals surface area contributed by atoms with Gasteiger partial charge in [0.1, 0.15) is 0 Å². The lowest BCUT2D eigenvalue weighted by Crippen LogP contribution is -2.51. The van der Waals surface area contributed by atoms with Crippen LogP contribution in [0.4, 0.5) is 22.7 Å². The third-order valence-electron chi connectivity index (χ3n) is 6.39. The Morgan fingerprint density at radius 1 is 0.333 bits per heavy atom. The van der Waals surface area contributed by atoms with Crippen molar-refractivity contribution < 1.29 is 0 Å². The molecule has 0 aliphatic carbocycles. The van der Waals surface area contributed by atoms with E-state index in [1.165, 1.54) is 22.5 Å². The number of rotatable bonds is 4. The minimum absolute atomic E-state index is 0.602. The number of nitrogens with zero attached hydrogens (tertiary/aromatic N) is 2. The summed E-state index contributed by atoms with van der Waals surface area (Å²) < 4.78 is 0. The Bertz CT molecular complexity index is 1240. The molecule has 5 aromatic rings. The van der Waals surface area contributed by atoms with Gasteiger partial charge in [0, 0.05) is 22.5 Å². The zero-order chi connectivity index (χ0) is 22.1. The minimum atomic E-state index is -0.602. The first kappa shape index (κ1) is 19.4. The van der Waals surface area contributed by atoms with E-state index in [9.17, 15) is 0 Å². The van der Waals surface area contributed by atoms with Crippen molar-refractivity contribution in [1.29, 1.82) is 0 Å². The van der Waals surface area contributed by atoms with Crippen LogP contribution in [0.2, 0.25) is 0 Å². The van der Waals surface area contributed by atoms with Crippen molar-refractivity contribution in [2.75, 3.05) is 9.80 Å². The summed E-state index contributed by atoms with van der Waals surface area (Å²) in [6, 6.07) is 51.8. The lowest BCUT2D eigenvalue weighted by atomic mass is 9.87. The van der Waals surface area contributed by atoms with Crippen LogP contribution in [0.5, 0.6) is 0 Å². The Labute approximate surface area is 195 Å². The molecular formula is C31H24N2. The van der Waals surface area contributed by atoms with Crippen molar-refractivity contribution in [2.24, 2.45) is 0 Å². The molecule has 1 aliphatic heterocycles. The molecule has 0 radical (unpaired) electrons. The van der Waals surface area contributed by atoms with E-state index in [1.807, 2.05) is 0 Å². The van der Waals surface area contributed by atoms with E-state index in [2.05, 4.69) is 155 Å². The second kappa shape index (κ2) is 7.99. The van der Waals surface area contributed by atoms with E-state index in [4.69, 9.17) is 0 Å². The molecule has 0 saturated heterocycles. The Morgan fingerprint density at radius 2 is 0.636 bits per heavy atom. The van der Waals surface area contributed by atoms with Crippen molar-refractivity contribution in [3.05, 3.63) is 157 Å². The zero-order valence-electron chi connectivity index (χ0n) is 18.3. The number of hydrogen-bond donors (Lipinski definition) is 0. The SMILES string of the molecule is c1ccc(N2c3ccccc3N(c3ccccc3)C2(c2ccccc2)c2ccccc2)cc1. The first-order chi connectivity index (χ1) is 16.4.